The number of carbonyl (C=O) groups is 2. The van der Waals surface area contributed by atoms with Crippen molar-refractivity contribution in [2.24, 2.45) is 0 Å². The fourth-order valence-corrected chi connectivity index (χ4v) is 2.33. The first-order chi connectivity index (χ1) is 12.5. The molecule has 8 nitrogen and oxygen atoms in total. The van der Waals surface area contributed by atoms with Crippen LogP contribution in [0.4, 0.5) is 0 Å². The normalized spacial score (nSPS) is 10.3. The second-order valence-corrected chi connectivity index (χ2v) is 5.51. The molecule has 0 aliphatic carbocycles. The Labute approximate surface area is 151 Å². The van der Waals surface area contributed by atoms with Crippen LogP contribution in [0.3, 0.4) is 0 Å². The lowest BCUT2D eigenvalue weighted by atomic mass is 10.2. The Morgan fingerprint density at radius 2 is 1.88 bits per heavy atom. The average molecular weight is 362 g/mol. The van der Waals surface area contributed by atoms with Gasteiger partial charge in [0.25, 0.3) is 5.91 Å². The van der Waals surface area contributed by atoms with Gasteiger partial charge in [-0.15, -0.1) is 0 Å². The van der Waals surface area contributed by atoms with E-state index in [4.69, 9.17) is 18.7 Å². The van der Waals surface area contributed by atoms with Crippen LogP contribution in [0.25, 0.3) is 0 Å². The Balaban J connectivity index is 1.97. The van der Waals surface area contributed by atoms with E-state index in [0.717, 1.165) is 5.56 Å². The molecule has 0 fully saturated rings. The Hall–Kier alpha value is -3.03. The smallest absolute Gasteiger partial charge is 0.377 e. The quantitative estimate of drug-likeness (QED) is 0.665. The zero-order chi connectivity index (χ0) is 19.1. The largest absolute Gasteiger partial charge is 0.493 e. The van der Waals surface area contributed by atoms with Gasteiger partial charge in [0.2, 0.25) is 5.76 Å². The second-order valence-electron chi connectivity index (χ2n) is 5.51. The summed E-state index contributed by atoms with van der Waals surface area (Å²) in [6.07, 6.45) is 0. The van der Waals surface area contributed by atoms with Crippen LogP contribution >= 0.6 is 0 Å². The molecule has 0 aliphatic rings. The fourth-order valence-electron chi connectivity index (χ4n) is 2.33. The third-order valence-corrected chi connectivity index (χ3v) is 3.71. The van der Waals surface area contributed by atoms with Crippen molar-refractivity contribution < 1.29 is 28.3 Å². The molecule has 0 N–H and O–H groups in total. The van der Waals surface area contributed by atoms with E-state index in [1.54, 1.807) is 38.2 Å². The number of aryl methyl sites for hydroxylation is 1. The maximum Gasteiger partial charge on any atom is 0.377 e. The lowest BCUT2D eigenvalue weighted by molar-refractivity contribution is -0.135. The summed E-state index contributed by atoms with van der Waals surface area (Å²) in [5.41, 5.74) is 1.43. The SMILES string of the molecule is CCN(Cc1ccc(OC)c(OC)c1)C(=O)COC(=O)c1cc(C)no1. The molecule has 140 valence electrons. The van der Waals surface area contributed by atoms with E-state index in [-0.39, 0.29) is 18.3 Å². The predicted molar refractivity (Wildman–Crippen MR) is 92.2 cm³/mol. The molecule has 2 aromatic rings. The van der Waals surface area contributed by atoms with Gasteiger partial charge in [0, 0.05) is 19.2 Å². The minimum atomic E-state index is -0.721. The summed E-state index contributed by atoms with van der Waals surface area (Å²) in [5, 5.41) is 3.61. The topological polar surface area (TPSA) is 91.1 Å². The lowest BCUT2D eigenvalue weighted by Gasteiger charge is -2.21. The number of benzene rings is 1. The highest BCUT2D eigenvalue weighted by atomic mass is 16.6. The molecule has 0 unspecified atom stereocenters. The van der Waals surface area contributed by atoms with Crippen molar-refractivity contribution in [2.75, 3.05) is 27.4 Å². The molecule has 0 radical (unpaired) electrons. The first-order valence-electron chi connectivity index (χ1n) is 8.07. The van der Waals surface area contributed by atoms with Crippen molar-refractivity contribution in [2.45, 2.75) is 20.4 Å². The second kappa shape index (κ2) is 8.89. The first-order valence-corrected chi connectivity index (χ1v) is 8.07. The Morgan fingerprint density at radius 3 is 2.46 bits per heavy atom. The minimum absolute atomic E-state index is 0.0294. The summed E-state index contributed by atoms with van der Waals surface area (Å²) in [4.78, 5) is 25.7. The molecule has 1 heterocycles. The molecule has 0 saturated carbocycles. The molecule has 1 aromatic carbocycles. The van der Waals surface area contributed by atoms with Gasteiger partial charge < -0.3 is 23.6 Å². The van der Waals surface area contributed by atoms with Gasteiger partial charge in [0.15, 0.2) is 18.1 Å². The molecular formula is C18H22N2O6. The highest BCUT2D eigenvalue weighted by molar-refractivity contribution is 5.88. The highest BCUT2D eigenvalue weighted by Gasteiger charge is 2.18. The molecule has 0 atom stereocenters. The van der Waals surface area contributed by atoms with Gasteiger partial charge in [-0.3, -0.25) is 4.79 Å². The van der Waals surface area contributed by atoms with Crippen LogP contribution < -0.4 is 9.47 Å². The van der Waals surface area contributed by atoms with Crippen LogP contribution in [0.5, 0.6) is 11.5 Å². The van der Waals surface area contributed by atoms with E-state index in [2.05, 4.69) is 5.16 Å². The number of nitrogens with zero attached hydrogens (tertiary/aromatic N) is 2. The number of methoxy groups -OCH3 is 2. The molecule has 8 heteroatoms. The number of ether oxygens (including phenoxy) is 3. The summed E-state index contributed by atoms with van der Waals surface area (Å²) >= 11 is 0. The van der Waals surface area contributed by atoms with Crippen LogP contribution in [0.2, 0.25) is 0 Å². The average Bonchev–Trinajstić information content (AvgIpc) is 3.10. The molecule has 2 rings (SSSR count). The standard InChI is InChI=1S/C18H22N2O6/c1-5-20(10-13-6-7-14(23-3)15(9-13)24-4)17(21)11-25-18(22)16-8-12(2)19-26-16/h6-9H,5,10-11H2,1-4H3. The summed E-state index contributed by atoms with van der Waals surface area (Å²) in [6.45, 7) is 3.98. The van der Waals surface area contributed by atoms with Gasteiger partial charge in [-0.2, -0.15) is 0 Å². The highest BCUT2D eigenvalue weighted by Crippen LogP contribution is 2.28. The number of aromatic nitrogens is 1. The van der Waals surface area contributed by atoms with E-state index in [0.29, 0.717) is 30.3 Å². The van der Waals surface area contributed by atoms with Gasteiger partial charge in [-0.05, 0) is 31.5 Å². The zero-order valence-corrected chi connectivity index (χ0v) is 15.3. The van der Waals surface area contributed by atoms with E-state index in [9.17, 15) is 9.59 Å². The van der Waals surface area contributed by atoms with Crippen LogP contribution in [0.15, 0.2) is 28.8 Å². The van der Waals surface area contributed by atoms with Gasteiger partial charge in [-0.1, -0.05) is 11.2 Å². The van der Waals surface area contributed by atoms with Crippen molar-refractivity contribution in [3.05, 3.63) is 41.3 Å². The lowest BCUT2D eigenvalue weighted by Crippen LogP contribution is -2.34. The number of hydrogen-bond donors (Lipinski definition) is 0. The van der Waals surface area contributed by atoms with Crippen LogP contribution in [-0.4, -0.2) is 49.3 Å². The van der Waals surface area contributed by atoms with E-state index in [1.807, 2.05) is 13.0 Å². The summed E-state index contributed by atoms with van der Waals surface area (Å²) < 4.78 is 20.3. The number of esters is 1. The zero-order valence-electron chi connectivity index (χ0n) is 15.3. The predicted octanol–water partition coefficient (Wildman–Crippen LogP) is 2.21. The van der Waals surface area contributed by atoms with E-state index < -0.39 is 5.97 Å². The monoisotopic (exact) mass is 362 g/mol. The third kappa shape index (κ3) is 4.75. The minimum Gasteiger partial charge on any atom is -0.493 e. The number of likely N-dealkylation sites (N-methyl/N-ethyl adjacent to an activating group) is 1. The van der Waals surface area contributed by atoms with Crippen LogP contribution in [0.1, 0.15) is 28.7 Å². The van der Waals surface area contributed by atoms with Crippen molar-refractivity contribution in [1.29, 1.82) is 0 Å². The Kier molecular flexibility index (Phi) is 6.60. The van der Waals surface area contributed by atoms with E-state index >= 15 is 0 Å². The maximum atomic E-state index is 12.3. The number of hydrogen-bond acceptors (Lipinski definition) is 7. The molecule has 0 aliphatic heterocycles. The number of rotatable bonds is 8. The van der Waals surface area contributed by atoms with Gasteiger partial charge in [-0.25, -0.2) is 4.79 Å². The molecule has 0 saturated heterocycles. The maximum absolute atomic E-state index is 12.3. The fraction of sp³-hybridized carbons (Fsp3) is 0.389. The summed E-state index contributed by atoms with van der Waals surface area (Å²) in [6, 6.07) is 6.88. The molecule has 1 amide bonds. The van der Waals surface area contributed by atoms with Crippen molar-refractivity contribution in [3.63, 3.8) is 0 Å². The van der Waals surface area contributed by atoms with Crippen molar-refractivity contribution >= 4 is 11.9 Å². The van der Waals surface area contributed by atoms with Gasteiger partial charge >= 0.3 is 5.97 Å². The Morgan fingerprint density at radius 1 is 1.15 bits per heavy atom. The summed E-state index contributed by atoms with van der Waals surface area (Å²) in [7, 11) is 3.11. The molecule has 26 heavy (non-hydrogen) atoms. The number of carbonyl (C=O) groups excluding carboxylic acids is 2. The molecule has 0 spiro atoms. The van der Waals surface area contributed by atoms with Gasteiger partial charge in [0.1, 0.15) is 0 Å². The van der Waals surface area contributed by atoms with Crippen LogP contribution in [-0.2, 0) is 16.1 Å². The van der Waals surface area contributed by atoms with Crippen LogP contribution in [0, 0.1) is 6.92 Å². The van der Waals surface area contributed by atoms with E-state index in [1.165, 1.54) is 6.07 Å². The number of amides is 1. The first kappa shape index (κ1) is 19.3. The molecule has 0 bridgehead atoms. The molecular weight excluding hydrogens is 340 g/mol. The third-order valence-electron chi connectivity index (χ3n) is 3.71. The summed E-state index contributed by atoms with van der Waals surface area (Å²) in [5.74, 6) is 0.133. The van der Waals surface area contributed by atoms with Crippen molar-refractivity contribution in [1.82, 2.24) is 10.1 Å². The van der Waals surface area contributed by atoms with Gasteiger partial charge in [0.05, 0.1) is 19.9 Å². The molecule has 1 aromatic heterocycles. The van der Waals surface area contributed by atoms with Crippen molar-refractivity contribution in [3.8, 4) is 11.5 Å². The Bertz CT molecular complexity index is 771.